The molecular weight excluding hydrogens is 258 g/mol. The highest BCUT2D eigenvalue weighted by Gasteiger charge is 2.21. The van der Waals surface area contributed by atoms with Gasteiger partial charge >= 0.3 is 0 Å². The van der Waals surface area contributed by atoms with E-state index in [1.807, 2.05) is 6.07 Å². The number of fused-ring (bicyclic) bond motifs is 1. The number of ether oxygens (including phenoxy) is 1. The zero-order valence-corrected chi connectivity index (χ0v) is 12.7. The molecule has 2 nitrogen and oxygen atoms in total. The first-order valence-electron chi connectivity index (χ1n) is 7.26. The molecule has 1 atom stereocenters. The van der Waals surface area contributed by atoms with Crippen LogP contribution in [0.4, 0.5) is 0 Å². The summed E-state index contributed by atoms with van der Waals surface area (Å²) in [5, 5.41) is 4.42. The molecule has 2 rings (SSSR count). The van der Waals surface area contributed by atoms with Crippen LogP contribution in [0, 0.1) is 5.92 Å². The maximum atomic E-state index is 6.02. The van der Waals surface area contributed by atoms with Gasteiger partial charge in [0.2, 0.25) is 0 Å². The number of halogens is 1. The minimum absolute atomic E-state index is 0.473. The van der Waals surface area contributed by atoms with Crippen molar-refractivity contribution in [2.24, 2.45) is 5.92 Å². The zero-order valence-electron chi connectivity index (χ0n) is 11.9. The van der Waals surface area contributed by atoms with E-state index in [0.717, 1.165) is 43.5 Å². The molecule has 1 N–H and O–H groups in total. The minimum atomic E-state index is 0.473. The van der Waals surface area contributed by atoms with E-state index in [-0.39, 0.29) is 0 Å². The van der Waals surface area contributed by atoms with Crippen molar-refractivity contribution in [3.8, 4) is 0 Å². The lowest BCUT2D eigenvalue weighted by atomic mass is 10.1. The highest BCUT2D eigenvalue weighted by atomic mass is 35.5. The van der Waals surface area contributed by atoms with Crippen LogP contribution in [0.5, 0.6) is 0 Å². The summed E-state index contributed by atoms with van der Waals surface area (Å²) in [7, 11) is 0. The molecule has 19 heavy (non-hydrogen) atoms. The molecule has 0 aliphatic heterocycles. The van der Waals surface area contributed by atoms with Gasteiger partial charge in [0.25, 0.3) is 0 Å². The molecule has 0 bridgehead atoms. The lowest BCUT2D eigenvalue weighted by Crippen LogP contribution is -2.24. The molecule has 0 amide bonds. The Morgan fingerprint density at radius 3 is 3.00 bits per heavy atom. The summed E-state index contributed by atoms with van der Waals surface area (Å²) < 4.78 is 5.63. The van der Waals surface area contributed by atoms with E-state index in [0.29, 0.717) is 6.04 Å². The van der Waals surface area contributed by atoms with Crippen LogP contribution < -0.4 is 5.32 Å². The maximum Gasteiger partial charge on any atom is 0.0591 e. The Hall–Kier alpha value is -0.570. The number of hydrogen-bond donors (Lipinski definition) is 1. The van der Waals surface area contributed by atoms with E-state index in [1.165, 1.54) is 17.5 Å². The molecule has 0 heterocycles. The van der Waals surface area contributed by atoms with Gasteiger partial charge in [-0.25, -0.2) is 0 Å². The van der Waals surface area contributed by atoms with Crippen molar-refractivity contribution in [3.05, 3.63) is 34.3 Å². The molecule has 106 valence electrons. The summed E-state index contributed by atoms with van der Waals surface area (Å²) in [4.78, 5) is 0. The van der Waals surface area contributed by atoms with Crippen molar-refractivity contribution in [1.82, 2.24) is 5.32 Å². The molecule has 0 saturated carbocycles. The highest BCUT2D eigenvalue weighted by molar-refractivity contribution is 6.30. The number of aryl methyl sites for hydroxylation is 1. The van der Waals surface area contributed by atoms with Crippen LogP contribution in [0.15, 0.2) is 18.2 Å². The largest absolute Gasteiger partial charge is 0.380 e. The SMILES string of the molecule is CC(C)CCOCCNC1CCc2cc(Cl)ccc21. The van der Waals surface area contributed by atoms with Gasteiger partial charge in [0.1, 0.15) is 0 Å². The molecule has 1 unspecified atom stereocenters. The Labute approximate surface area is 121 Å². The lowest BCUT2D eigenvalue weighted by Gasteiger charge is -2.14. The highest BCUT2D eigenvalue weighted by Crippen LogP contribution is 2.32. The average molecular weight is 282 g/mol. The maximum absolute atomic E-state index is 6.02. The molecule has 1 aromatic carbocycles. The van der Waals surface area contributed by atoms with Gasteiger partial charge in [-0.15, -0.1) is 0 Å². The van der Waals surface area contributed by atoms with Crippen LogP contribution >= 0.6 is 11.6 Å². The Morgan fingerprint density at radius 2 is 2.21 bits per heavy atom. The van der Waals surface area contributed by atoms with Crippen molar-refractivity contribution in [1.29, 1.82) is 0 Å². The van der Waals surface area contributed by atoms with Crippen LogP contribution in [-0.2, 0) is 11.2 Å². The summed E-state index contributed by atoms with van der Waals surface area (Å²) >= 11 is 6.02. The monoisotopic (exact) mass is 281 g/mol. The number of hydrogen-bond acceptors (Lipinski definition) is 2. The summed E-state index contributed by atoms with van der Waals surface area (Å²) in [5.74, 6) is 0.722. The Bertz CT molecular complexity index is 406. The molecule has 0 spiro atoms. The molecule has 0 fully saturated rings. The lowest BCUT2D eigenvalue weighted by molar-refractivity contribution is 0.123. The number of benzene rings is 1. The van der Waals surface area contributed by atoms with E-state index >= 15 is 0 Å². The first kappa shape index (κ1) is 14.8. The summed E-state index contributed by atoms with van der Waals surface area (Å²) in [5.41, 5.74) is 2.80. The molecular formula is C16H24ClNO. The second-order valence-corrected chi connectivity index (χ2v) is 6.12. The van der Waals surface area contributed by atoms with E-state index in [9.17, 15) is 0 Å². The molecule has 0 saturated heterocycles. The van der Waals surface area contributed by atoms with Crippen LogP contribution in [0.3, 0.4) is 0 Å². The molecule has 0 radical (unpaired) electrons. The molecule has 0 aromatic heterocycles. The van der Waals surface area contributed by atoms with Crippen LogP contribution in [0.1, 0.15) is 43.9 Å². The molecule has 1 aliphatic carbocycles. The average Bonchev–Trinajstić information content (AvgIpc) is 2.75. The normalized spacial score (nSPS) is 18.0. The summed E-state index contributed by atoms with van der Waals surface area (Å²) in [6.07, 6.45) is 3.44. The smallest absolute Gasteiger partial charge is 0.0591 e. The van der Waals surface area contributed by atoms with Crippen molar-refractivity contribution in [2.45, 2.75) is 39.2 Å². The fourth-order valence-corrected chi connectivity index (χ4v) is 2.72. The number of rotatable bonds is 7. The summed E-state index contributed by atoms with van der Waals surface area (Å²) in [6.45, 7) is 7.04. The van der Waals surface area contributed by atoms with Gasteiger partial charge in [0.05, 0.1) is 6.61 Å². The van der Waals surface area contributed by atoms with E-state index in [1.54, 1.807) is 0 Å². The quantitative estimate of drug-likeness (QED) is 0.764. The Morgan fingerprint density at radius 1 is 1.37 bits per heavy atom. The van der Waals surface area contributed by atoms with E-state index in [2.05, 4.69) is 31.3 Å². The van der Waals surface area contributed by atoms with Gasteiger partial charge in [0, 0.05) is 24.2 Å². The third-order valence-corrected chi connectivity index (χ3v) is 3.89. The predicted molar refractivity (Wildman–Crippen MR) is 80.8 cm³/mol. The van der Waals surface area contributed by atoms with Gasteiger partial charge in [-0.3, -0.25) is 0 Å². The molecule has 1 aromatic rings. The van der Waals surface area contributed by atoms with Gasteiger partial charge in [-0.1, -0.05) is 31.5 Å². The minimum Gasteiger partial charge on any atom is -0.380 e. The third-order valence-electron chi connectivity index (χ3n) is 3.66. The molecule has 3 heteroatoms. The van der Waals surface area contributed by atoms with Gasteiger partial charge in [0.15, 0.2) is 0 Å². The van der Waals surface area contributed by atoms with Crippen molar-refractivity contribution in [2.75, 3.05) is 19.8 Å². The van der Waals surface area contributed by atoms with Crippen LogP contribution in [0.25, 0.3) is 0 Å². The fourth-order valence-electron chi connectivity index (χ4n) is 2.52. The Balaban J connectivity index is 1.69. The second-order valence-electron chi connectivity index (χ2n) is 5.68. The standard InChI is InChI=1S/C16H24ClNO/c1-12(2)7-9-19-10-8-18-16-6-3-13-11-14(17)4-5-15(13)16/h4-5,11-12,16,18H,3,6-10H2,1-2H3. The van der Waals surface area contributed by atoms with Crippen molar-refractivity contribution in [3.63, 3.8) is 0 Å². The van der Waals surface area contributed by atoms with Gasteiger partial charge in [-0.05, 0) is 48.4 Å². The topological polar surface area (TPSA) is 21.3 Å². The summed E-state index contributed by atoms with van der Waals surface area (Å²) in [6, 6.07) is 6.71. The second kappa shape index (κ2) is 7.28. The van der Waals surface area contributed by atoms with Crippen LogP contribution in [-0.4, -0.2) is 19.8 Å². The van der Waals surface area contributed by atoms with E-state index in [4.69, 9.17) is 16.3 Å². The predicted octanol–water partition coefficient (Wildman–Crippen LogP) is 3.98. The fraction of sp³-hybridized carbons (Fsp3) is 0.625. The van der Waals surface area contributed by atoms with Gasteiger partial charge in [-0.2, -0.15) is 0 Å². The molecule has 1 aliphatic rings. The Kier molecular flexibility index (Phi) is 5.68. The number of nitrogens with one attached hydrogen (secondary N) is 1. The first-order chi connectivity index (χ1) is 9.16. The third kappa shape index (κ3) is 4.48. The van der Waals surface area contributed by atoms with Crippen LogP contribution in [0.2, 0.25) is 5.02 Å². The van der Waals surface area contributed by atoms with Gasteiger partial charge < -0.3 is 10.1 Å². The van der Waals surface area contributed by atoms with E-state index < -0.39 is 0 Å². The van der Waals surface area contributed by atoms with Crippen molar-refractivity contribution < 1.29 is 4.74 Å². The zero-order chi connectivity index (χ0) is 13.7. The first-order valence-corrected chi connectivity index (χ1v) is 7.64. The van der Waals surface area contributed by atoms with Crippen molar-refractivity contribution >= 4 is 11.6 Å².